The van der Waals surface area contributed by atoms with E-state index < -0.39 is 62.8 Å². The van der Waals surface area contributed by atoms with Crippen molar-refractivity contribution in [2.45, 2.75) is 57.8 Å². The summed E-state index contributed by atoms with van der Waals surface area (Å²) in [5.74, 6) is -3.19. The van der Waals surface area contributed by atoms with Gasteiger partial charge in [0, 0.05) is 28.2 Å². The average molecular weight is 572 g/mol. The van der Waals surface area contributed by atoms with Gasteiger partial charge < -0.3 is 10.6 Å². The molecule has 0 bridgehead atoms. The Morgan fingerprint density at radius 3 is 2.32 bits per heavy atom. The summed E-state index contributed by atoms with van der Waals surface area (Å²) in [5.41, 5.74) is 0.0844. The summed E-state index contributed by atoms with van der Waals surface area (Å²) in [6.07, 6.45) is -1.37. The van der Waals surface area contributed by atoms with Crippen LogP contribution in [0.4, 0.5) is 24.5 Å². The van der Waals surface area contributed by atoms with Crippen LogP contribution in [0.5, 0.6) is 0 Å². The number of carbonyl (C=O) groups is 3. The summed E-state index contributed by atoms with van der Waals surface area (Å²) in [7, 11) is -2.00. The van der Waals surface area contributed by atoms with Crippen molar-refractivity contribution in [2.24, 2.45) is 0 Å². The maximum absolute atomic E-state index is 13.5. The minimum Gasteiger partial charge on any atom is -0.352 e. The quantitative estimate of drug-likeness (QED) is 0.450. The molecule has 206 valence electrons. The second kappa shape index (κ2) is 12.8. The number of hydrogen-bond acceptors (Lipinski definition) is 4. The Morgan fingerprint density at radius 2 is 1.71 bits per heavy atom. The van der Waals surface area contributed by atoms with Crippen LogP contribution in [0.3, 0.4) is 0 Å². The molecule has 0 unspecified atom stereocenters. The van der Waals surface area contributed by atoms with Crippen LogP contribution in [0.25, 0.3) is 0 Å². The molecule has 3 rings (SSSR count). The van der Waals surface area contributed by atoms with Crippen LogP contribution in [0.1, 0.15) is 43.7 Å². The van der Waals surface area contributed by atoms with E-state index in [0.717, 1.165) is 42.2 Å². The third-order valence-corrected chi connectivity index (χ3v) is 7.67. The highest BCUT2D eigenvalue weighted by molar-refractivity contribution is 7.86. The van der Waals surface area contributed by atoms with E-state index in [0.29, 0.717) is 11.8 Å². The smallest absolute Gasteiger partial charge is 0.352 e. The van der Waals surface area contributed by atoms with Crippen molar-refractivity contribution in [1.29, 1.82) is 0 Å². The van der Waals surface area contributed by atoms with Gasteiger partial charge in [-0.25, -0.2) is 0 Å². The van der Waals surface area contributed by atoms with Crippen molar-refractivity contribution < 1.29 is 31.8 Å². The average Bonchev–Trinajstić information content (AvgIpc) is 3.33. The zero-order chi connectivity index (χ0) is 28.0. The molecule has 1 aliphatic carbocycles. The third kappa shape index (κ3) is 8.04. The zero-order valence-electron chi connectivity index (χ0n) is 20.9. The molecule has 12 heteroatoms. The predicted octanol–water partition coefficient (Wildman–Crippen LogP) is 4.83. The number of aryl methyl sites for hydroxylation is 1. The molecule has 0 heterocycles. The van der Waals surface area contributed by atoms with Gasteiger partial charge >= 0.3 is 6.18 Å². The van der Waals surface area contributed by atoms with Crippen LogP contribution < -0.4 is 15.5 Å². The molecule has 0 aromatic heterocycles. The fraction of sp³-hybridized carbons (Fsp3) is 0.423. The Labute approximate surface area is 226 Å². The van der Waals surface area contributed by atoms with E-state index in [2.05, 4.69) is 10.6 Å². The first-order valence-corrected chi connectivity index (χ1v) is 13.9. The van der Waals surface area contributed by atoms with Crippen LogP contribution in [0.2, 0.25) is 5.02 Å². The SMILES string of the molecule is Cc1ccc(NC(=O)C[S@](=O)CC(=O)N(c2ccc(Cl)c(C(F)(F)F)c2)[C@@H](C)C(=O)NC2CCCC2)cc1. The van der Waals surface area contributed by atoms with Crippen molar-refractivity contribution in [3.8, 4) is 0 Å². The van der Waals surface area contributed by atoms with Crippen LogP contribution in [-0.2, 0) is 31.4 Å². The maximum Gasteiger partial charge on any atom is 0.417 e. The molecular weight excluding hydrogens is 543 g/mol. The van der Waals surface area contributed by atoms with Gasteiger partial charge in [-0.05, 0) is 57.0 Å². The van der Waals surface area contributed by atoms with E-state index in [4.69, 9.17) is 11.6 Å². The van der Waals surface area contributed by atoms with Crippen molar-refractivity contribution in [3.05, 3.63) is 58.6 Å². The highest BCUT2D eigenvalue weighted by atomic mass is 35.5. The number of amides is 3. The van der Waals surface area contributed by atoms with Gasteiger partial charge in [0.1, 0.15) is 17.5 Å². The first-order chi connectivity index (χ1) is 17.8. The van der Waals surface area contributed by atoms with Gasteiger partial charge in [-0.15, -0.1) is 0 Å². The lowest BCUT2D eigenvalue weighted by Gasteiger charge is -2.30. The lowest BCUT2D eigenvalue weighted by molar-refractivity contribution is -0.137. The molecule has 1 saturated carbocycles. The molecule has 2 aromatic carbocycles. The maximum atomic E-state index is 13.5. The largest absolute Gasteiger partial charge is 0.417 e. The molecule has 1 aliphatic rings. The first-order valence-electron chi connectivity index (χ1n) is 12.1. The lowest BCUT2D eigenvalue weighted by Crippen LogP contribution is -2.51. The van der Waals surface area contributed by atoms with Gasteiger partial charge in [-0.1, -0.05) is 42.1 Å². The van der Waals surface area contributed by atoms with Gasteiger partial charge in [0.25, 0.3) is 0 Å². The highest BCUT2D eigenvalue weighted by Gasteiger charge is 2.36. The Hall–Kier alpha value is -2.92. The number of anilines is 2. The van der Waals surface area contributed by atoms with Crippen molar-refractivity contribution in [3.63, 3.8) is 0 Å². The molecule has 0 aliphatic heterocycles. The van der Waals surface area contributed by atoms with Crippen LogP contribution in [0.15, 0.2) is 42.5 Å². The van der Waals surface area contributed by atoms with Crippen molar-refractivity contribution in [1.82, 2.24) is 5.32 Å². The summed E-state index contributed by atoms with van der Waals surface area (Å²) in [6.45, 7) is 3.27. The molecule has 2 atom stereocenters. The fourth-order valence-electron chi connectivity index (χ4n) is 4.21. The van der Waals surface area contributed by atoms with Crippen LogP contribution in [0, 0.1) is 6.92 Å². The number of halogens is 4. The van der Waals surface area contributed by atoms with E-state index in [-0.39, 0.29) is 11.7 Å². The van der Waals surface area contributed by atoms with Gasteiger partial charge in [0.05, 0.1) is 10.6 Å². The lowest BCUT2D eigenvalue weighted by atomic mass is 10.1. The Morgan fingerprint density at radius 1 is 1.08 bits per heavy atom. The fourth-order valence-corrected chi connectivity index (χ4v) is 5.32. The number of nitrogens with zero attached hydrogens (tertiary/aromatic N) is 1. The molecule has 2 N–H and O–H groups in total. The molecule has 0 saturated heterocycles. The Balaban J connectivity index is 1.79. The zero-order valence-corrected chi connectivity index (χ0v) is 22.5. The van der Waals surface area contributed by atoms with Crippen molar-refractivity contribution >= 4 is 51.5 Å². The van der Waals surface area contributed by atoms with Gasteiger partial charge in [-0.3, -0.25) is 23.5 Å². The van der Waals surface area contributed by atoms with Crippen LogP contribution in [-0.4, -0.2) is 45.5 Å². The summed E-state index contributed by atoms with van der Waals surface area (Å²) in [5, 5.41) is 4.86. The molecule has 0 radical (unpaired) electrons. The van der Waals surface area contributed by atoms with Gasteiger partial charge in [-0.2, -0.15) is 13.2 Å². The van der Waals surface area contributed by atoms with Crippen molar-refractivity contribution in [2.75, 3.05) is 21.7 Å². The summed E-state index contributed by atoms with van der Waals surface area (Å²) < 4.78 is 53.2. The summed E-state index contributed by atoms with van der Waals surface area (Å²) in [4.78, 5) is 39.4. The molecule has 38 heavy (non-hydrogen) atoms. The molecule has 3 amide bonds. The predicted molar refractivity (Wildman–Crippen MR) is 141 cm³/mol. The van der Waals surface area contributed by atoms with Crippen LogP contribution >= 0.6 is 11.6 Å². The number of rotatable bonds is 9. The normalized spacial score (nSPS) is 15.5. The Kier molecular flexibility index (Phi) is 9.94. The monoisotopic (exact) mass is 571 g/mol. The van der Waals surface area contributed by atoms with E-state index >= 15 is 0 Å². The second-order valence-corrected chi connectivity index (χ2v) is 11.1. The van der Waals surface area contributed by atoms with E-state index in [1.807, 2.05) is 6.92 Å². The van der Waals surface area contributed by atoms with Gasteiger partial charge in [0.2, 0.25) is 17.7 Å². The third-order valence-electron chi connectivity index (χ3n) is 6.18. The minimum absolute atomic E-state index is 0.0857. The minimum atomic E-state index is -4.80. The number of carbonyl (C=O) groups excluding carboxylic acids is 3. The molecule has 2 aromatic rings. The van der Waals surface area contributed by atoms with E-state index in [9.17, 15) is 31.8 Å². The Bertz CT molecular complexity index is 1200. The topological polar surface area (TPSA) is 95.6 Å². The number of nitrogens with one attached hydrogen (secondary N) is 2. The highest BCUT2D eigenvalue weighted by Crippen LogP contribution is 2.37. The standard InChI is InChI=1S/C26H29ClF3N3O4S/c1-16-7-9-19(10-8-16)31-23(34)14-38(37)15-24(35)33(17(2)25(36)32-18-5-3-4-6-18)20-11-12-22(27)21(13-20)26(28,29)30/h7-13,17-18H,3-6,14-15H2,1-2H3,(H,31,34)(H,32,36)/t17-,38-/m0/s1. The summed E-state index contributed by atoms with van der Waals surface area (Å²) in [6, 6.07) is 8.50. The number of hydrogen-bond donors (Lipinski definition) is 2. The first kappa shape index (κ1) is 29.6. The molecular formula is C26H29ClF3N3O4S. The van der Waals surface area contributed by atoms with E-state index in [1.54, 1.807) is 24.3 Å². The van der Waals surface area contributed by atoms with E-state index in [1.165, 1.54) is 13.0 Å². The second-order valence-electron chi connectivity index (χ2n) is 9.23. The number of benzene rings is 2. The van der Waals surface area contributed by atoms with Gasteiger partial charge in [0.15, 0.2) is 0 Å². The molecule has 1 fully saturated rings. The molecule has 7 nitrogen and oxygen atoms in total. The molecule has 0 spiro atoms. The number of alkyl halides is 3. The summed E-state index contributed by atoms with van der Waals surface area (Å²) >= 11 is 5.74.